The van der Waals surface area contributed by atoms with Crippen LogP contribution in [0.3, 0.4) is 0 Å². The first kappa shape index (κ1) is 9.71. The monoisotopic (exact) mass is 198 g/mol. The summed E-state index contributed by atoms with van der Waals surface area (Å²) >= 11 is 0. The third-order valence-corrected chi connectivity index (χ3v) is 2.36. The number of aliphatic hydroxyl groups is 1. The second-order valence-electron chi connectivity index (χ2n) is 3.49. The Hall–Kier alpha value is -0.840. The normalized spacial score (nSPS) is 32.3. The van der Waals surface area contributed by atoms with Crippen molar-refractivity contribution in [2.45, 2.75) is 25.2 Å². The lowest BCUT2D eigenvalue weighted by Crippen LogP contribution is -2.23. The molecular weight excluding hydrogens is 184 g/mol. The Bertz CT molecular complexity index is 282. The zero-order chi connectivity index (χ0) is 10.0. The van der Waals surface area contributed by atoms with Gasteiger partial charge in [-0.15, -0.1) is 0 Å². The maximum atomic E-state index is 8.77. The summed E-state index contributed by atoms with van der Waals surface area (Å²) in [5.74, 6) is -0.124. The number of hydrogen-bond donors (Lipinski definition) is 1. The van der Waals surface area contributed by atoms with E-state index in [0.29, 0.717) is 18.8 Å². The van der Waals surface area contributed by atoms with E-state index in [4.69, 9.17) is 19.0 Å². The van der Waals surface area contributed by atoms with Gasteiger partial charge < -0.3 is 19.0 Å². The van der Waals surface area contributed by atoms with Crippen LogP contribution in [0.1, 0.15) is 19.1 Å². The molecule has 0 saturated carbocycles. The molecule has 2 unspecified atom stereocenters. The highest BCUT2D eigenvalue weighted by atomic mass is 16.8. The molecule has 0 bridgehead atoms. The van der Waals surface area contributed by atoms with Crippen molar-refractivity contribution in [3.8, 4) is 0 Å². The molecule has 4 heteroatoms. The number of furan rings is 1. The van der Waals surface area contributed by atoms with E-state index in [1.54, 1.807) is 12.3 Å². The molecule has 0 spiro atoms. The number of rotatable bonds is 3. The molecule has 2 heterocycles. The predicted molar refractivity (Wildman–Crippen MR) is 48.6 cm³/mol. The maximum absolute atomic E-state index is 8.77. The lowest BCUT2D eigenvalue weighted by molar-refractivity contribution is -0.175. The van der Waals surface area contributed by atoms with Crippen LogP contribution in [-0.4, -0.2) is 24.4 Å². The quantitative estimate of drug-likeness (QED) is 0.794. The Morgan fingerprint density at radius 1 is 1.64 bits per heavy atom. The summed E-state index contributed by atoms with van der Waals surface area (Å²) in [5.41, 5.74) is 0. The van der Waals surface area contributed by atoms with Gasteiger partial charge in [0.25, 0.3) is 0 Å². The van der Waals surface area contributed by atoms with Gasteiger partial charge in [-0.25, -0.2) is 0 Å². The van der Waals surface area contributed by atoms with Gasteiger partial charge in [-0.05, 0) is 25.5 Å². The highest BCUT2D eigenvalue weighted by Gasteiger charge is 2.40. The van der Waals surface area contributed by atoms with Crippen molar-refractivity contribution in [3.63, 3.8) is 0 Å². The average molecular weight is 198 g/mol. The summed E-state index contributed by atoms with van der Waals surface area (Å²) in [7, 11) is 0. The van der Waals surface area contributed by atoms with E-state index in [2.05, 4.69) is 0 Å². The summed E-state index contributed by atoms with van der Waals surface area (Å²) in [5, 5.41) is 8.77. The molecule has 14 heavy (non-hydrogen) atoms. The van der Waals surface area contributed by atoms with E-state index in [1.807, 2.05) is 13.0 Å². The first-order valence-electron chi connectivity index (χ1n) is 4.71. The van der Waals surface area contributed by atoms with E-state index >= 15 is 0 Å². The fourth-order valence-corrected chi connectivity index (χ4v) is 1.59. The molecule has 4 nitrogen and oxygen atoms in total. The summed E-state index contributed by atoms with van der Waals surface area (Å²) in [6, 6.07) is 3.62. The van der Waals surface area contributed by atoms with Crippen molar-refractivity contribution in [3.05, 3.63) is 24.2 Å². The molecule has 78 valence electrons. The van der Waals surface area contributed by atoms with Crippen molar-refractivity contribution < 1.29 is 19.0 Å². The highest BCUT2D eigenvalue weighted by Crippen LogP contribution is 2.34. The van der Waals surface area contributed by atoms with Gasteiger partial charge in [0, 0.05) is 6.61 Å². The zero-order valence-corrected chi connectivity index (χ0v) is 8.10. The molecule has 0 aromatic carbocycles. The second-order valence-corrected chi connectivity index (χ2v) is 3.49. The molecule has 2 rings (SSSR count). The zero-order valence-electron chi connectivity index (χ0n) is 8.10. The molecule has 1 saturated heterocycles. The molecule has 1 aliphatic heterocycles. The Labute approximate surface area is 82.4 Å². The third kappa shape index (κ3) is 1.68. The van der Waals surface area contributed by atoms with Gasteiger partial charge in [0.2, 0.25) is 5.79 Å². The van der Waals surface area contributed by atoms with E-state index in [9.17, 15) is 0 Å². The average Bonchev–Trinajstić information content (AvgIpc) is 2.75. The summed E-state index contributed by atoms with van der Waals surface area (Å²) in [6.07, 6.45) is 2.14. The number of ether oxygens (including phenoxy) is 2. The van der Waals surface area contributed by atoms with Gasteiger partial charge in [-0.2, -0.15) is 0 Å². The third-order valence-electron chi connectivity index (χ3n) is 2.36. The van der Waals surface area contributed by atoms with Crippen LogP contribution in [0.15, 0.2) is 22.8 Å². The van der Waals surface area contributed by atoms with Crippen molar-refractivity contribution in [1.29, 1.82) is 0 Å². The minimum atomic E-state index is -0.788. The van der Waals surface area contributed by atoms with E-state index in [0.717, 1.165) is 0 Å². The van der Waals surface area contributed by atoms with Gasteiger partial charge in [0.1, 0.15) is 0 Å². The minimum absolute atomic E-state index is 0.0462. The Morgan fingerprint density at radius 2 is 2.50 bits per heavy atom. The molecule has 1 aromatic heterocycles. The first-order chi connectivity index (χ1) is 6.74. The SMILES string of the molecule is CC1(c2ccco2)OCC(CCO)O1. The lowest BCUT2D eigenvalue weighted by atomic mass is 10.2. The molecule has 1 aliphatic rings. The van der Waals surface area contributed by atoms with Gasteiger partial charge in [-0.1, -0.05) is 0 Å². The summed E-state index contributed by atoms with van der Waals surface area (Å²) in [4.78, 5) is 0. The van der Waals surface area contributed by atoms with Gasteiger partial charge in [0.05, 0.1) is 19.0 Å². The van der Waals surface area contributed by atoms with Gasteiger partial charge >= 0.3 is 0 Å². The van der Waals surface area contributed by atoms with Crippen molar-refractivity contribution >= 4 is 0 Å². The Balaban J connectivity index is 2.06. The summed E-state index contributed by atoms with van der Waals surface area (Å²) < 4.78 is 16.4. The Kier molecular flexibility index (Phi) is 2.58. The topological polar surface area (TPSA) is 51.8 Å². The van der Waals surface area contributed by atoms with E-state index in [1.165, 1.54) is 0 Å². The van der Waals surface area contributed by atoms with Crippen LogP contribution in [0, 0.1) is 0 Å². The van der Waals surface area contributed by atoms with E-state index in [-0.39, 0.29) is 12.7 Å². The van der Waals surface area contributed by atoms with E-state index < -0.39 is 5.79 Å². The number of aliphatic hydroxyl groups excluding tert-OH is 1. The Morgan fingerprint density at radius 3 is 3.14 bits per heavy atom. The number of hydrogen-bond acceptors (Lipinski definition) is 4. The molecule has 0 radical (unpaired) electrons. The standard InChI is InChI=1S/C10H14O4/c1-10(9-3-2-6-12-9)13-7-8(14-10)4-5-11/h2-3,6,8,11H,4-5,7H2,1H3. The highest BCUT2D eigenvalue weighted by molar-refractivity contribution is 5.06. The van der Waals surface area contributed by atoms with Crippen LogP contribution in [-0.2, 0) is 15.3 Å². The molecule has 2 atom stereocenters. The maximum Gasteiger partial charge on any atom is 0.225 e. The van der Waals surface area contributed by atoms with Crippen LogP contribution in [0.25, 0.3) is 0 Å². The summed E-state index contributed by atoms with van der Waals surface area (Å²) in [6.45, 7) is 2.43. The van der Waals surface area contributed by atoms with Crippen LogP contribution in [0.2, 0.25) is 0 Å². The fourth-order valence-electron chi connectivity index (χ4n) is 1.59. The van der Waals surface area contributed by atoms with Crippen molar-refractivity contribution in [2.24, 2.45) is 0 Å². The largest absolute Gasteiger partial charge is 0.464 e. The van der Waals surface area contributed by atoms with Crippen molar-refractivity contribution in [2.75, 3.05) is 13.2 Å². The van der Waals surface area contributed by atoms with Gasteiger partial charge in [-0.3, -0.25) is 0 Å². The first-order valence-corrected chi connectivity index (χ1v) is 4.71. The smallest absolute Gasteiger partial charge is 0.225 e. The fraction of sp³-hybridized carbons (Fsp3) is 0.600. The van der Waals surface area contributed by atoms with Crippen LogP contribution in [0.4, 0.5) is 0 Å². The molecule has 1 N–H and O–H groups in total. The lowest BCUT2D eigenvalue weighted by Gasteiger charge is -2.20. The van der Waals surface area contributed by atoms with Crippen molar-refractivity contribution in [1.82, 2.24) is 0 Å². The minimum Gasteiger partial charge on any atom is -0.464 e. The molecule has 1 aromatic rings. The molecule has 0 amide bonds. The molecule has 0 aliphatic carbocycles. The molecular formula is C10H14O4. The van der Waals surface area contributed by atoms with Crippen LogP contribution < -0.4 is 0 Å². The predicted octanol–water partition coefficient (Wildman–Crippen LogP) is 1.25. The molecule has 1 fully saturated rings. The second kappa shape index (κ2) is 3.73. The van der Waals surface area contributed by atoms with Crippen LogP contribution in [0.5, 0.6) is 0 Å². The van der Waals surface area contributed by atoms with Gasteiger partial charge in [0.15, 0.2) is 5.76 Å². The van der Waals surface area contributed by atoms with Crippen LogP contribution >= 0.6 is 0 Å².